The highest BCUT2D eigenvalue weighted by Crippen LogP contribution is 2.69. The lowest BCUT2D eigenvalue weighted by Gasteiger charge is -2.60. The molecular formula is C57H60O10. The van der Waals surface area contributed by atoms with Gasteiger partial charge in [0.2, 0.25) is 0 Å². The van der Waals surface area contributed by atoms with Crippen LogP contribution in [0.1, 0.15) is 174 Å². The zero-order valence-corrected chi connectivity index (χ0v) is 39.2. The Hall–Kier alpha value is -5.87. The van der Waals surface area contributed by atoms with Crippen molar-refractivity contribution in [2.75, 3.05) is 0 Å². The summed E-state index contributed by atoms with van der Waals surface area (Å²) in [6.45, 7) is 12.6. The van der Waals surface area contributed by atoms with Crippen molar-refractivity contribution in [1.82, 2.24) is 0 Å². The summed E-state index contributed by atoms with van der Waals surface area (Å²) in [4.78, 5) is 73.1. The molecule has 10 nitrogen and oxygen atoms in total. The summed E-state index contributed by atoms with van der Waals surface area (Å²) in [7, 11) is 0. The van der Waals surface area contributed by atoms with Gasteiger partial charge in [-0.3, -0.25) is 0 Å². The predicted octanol–water partition coefficient (Wildman–Crippen LogP) is 12.4. The molecule has 8 atom stereocenters. The van der Waals surface area contributed by atoms with E-state index in [4.69, 9.17) is 24.0 Å². The molecule has 0 amide bonds. The molecule has 0 radical (unpaired) electrons. The molecule has 4 aromatic carbocycles. The Bertz CT molecular complexity index is 2700. The van der Waals surface area contributed by atoms with Crippen molar-refractivity contribution in [1.29, 1.82) is 0 Å². The maximum atomic E-state index is 13.6. The van der Waals surface area contributed by atoms with Crippen molar-refractivity contribution in [2.24, 2.45) is 46.3 Å². The Morgan fingerprint density at radius 3 is 2.16 bits per heavy atom. The van der Waals surface area contributed by atoms with Gasteiger partial charge >= 0.3 is 29.8 Å². The van der Waals surface area contributed by atoms with Crippen LogP contribution in [0, 0.1) is 46.3 Å². The van der Waals surface area contributed by atoms with Gasteiger partial charge in [0.1, 0.15) is 12.4 Å². The van der Waals surface area contributed by atoms with E-state index in [9.17, 15) is 24.0 Å². The van der Waals surface area contributed by atoms with E-state index in [2.05, 4.69) is 58.9 Å². The highest BCUT2D eigenvalue weighted by Gasteiger charge is 2.60. The van der Waals surface area contributed by atoms with Gasteiger partial charge in [-0.1, -0.05) is 102 Å². The van der Waals surface area contributed by atoms with Crippen LogP contribution in [0.25, 0.3) is 0 Å². The predicted molar refractivity (Wildman–Crippen MR) is 249 cm³/mol. The van der Waals surface area contributed by atoms with E-state index in [0.717, 1.165) is 66.0 Å². The van der Waals surface area contributed by atoms with Gasteiger partial charge in [-0.15, -0.1) is 0 Å². The fourth-order valence-electron chi connectivity index (χ4n) is 13.8. The number of hydrogen-bond donors (Lipinski definition) is 0. The number of allylic oxidation sites excluding steroid dienone is 2. The standard InChI is InChI=1S/C57H60O10/c1-33(2)8-6-9-34(3)47-22-23-48-44-20-17-39-31-57(27-26-55(39,4)49(44)24-25-56(47,48)5,37-15-12-35(13-16-37)32-63-67-41-18-21-43-46(30-41)54(62)66-52(43)60)38-10-7-11-40(29-38)64-50(58)36-14-19-42-45(28-36)53(61)65-51(42)59/h7,10-19,21,28-30,33-34,44,47-49H,6,8-9,20,22-27,31-32H2,1-5H3. The monoisotopic (exact) mass is 904 g/mol. The largest absolute Gasteiger partial charge is 0.423 e. The van der Waals surface area contributed by atoms with Crippen molar-refractivity contribution < 1.29 is 48.0 Å². The normalized spacial score (nSPS) is 28.7. The summed E-state index contributed by atoms with van der Waals surface area (Å²) in [6.07, 6.45) is 15.8. The van der Waals surface area contributed by atoms with Crippen LogP contribution < -0.4 is 9.62 Å². The van der Waals surface area contributed by atoms with Crippen molar-refractivity contribution in [3.05, 3.63) is 141 Å². The molecule has 2 heterocycles. The SMILES string of the molecule is CC(C)CCCC(C)C1CCC2C3CC=C4CC(c5ccc(COOc6ccc7c(c6)C(=O)OC7=O)cc5)(c5cccc(OC(=O)c6ccc7c(c6)C(=O)OC7=O)c5)CCC4(C)C3CCC12C. The van der Waals surface area contributed by atoms with Crippen LogP contribution in [-0.4, -0.2) is 29.8 Å². The number of hydrogen-bond acceptors (Lipinski definition) is 10. The highest BCUT2D eigenvalue weighted by atomic mass is 17.2. The Balaban J connectivity index is 0.916. The molecule has 6 aliphatic rings. The molecule has 3 saturated carbocycles. The van der Waals surface area contributed by atoms with Crippen molar-refractivity contribution in [3.8, 4) is 11.5 Å². The van der Waals surface area contributed by atoms with Crippen molar-refractivity contribution in [3.63, 3.8) is 0 Å². The van der Waals surface area contributed by atoms with E-state index in [1.165, 1.54) is 80.9 Å². The van der Waals surface area contributed by atoms with E-state index in [-0.39, 0.29) is 45.6 Å². The highest BCUT2D eigenvalue weighted by molar-refractivity contribution is 6.16. The van der Waals surface area contributed by atoms with Gasteiger partial charge in [0.05, 0.1) is 27.8 Å². The summed E-state index contributed by atoms with van der Waals surface area (Å²) in [5, 5.41) is 0. The lowest BCUT2D eigenvalue weighted by Crippen LogP contribution is -2.52. The molecule has 8 unspecified atom stereocenters. The number of rotatable bonds is 13. The lowest BCUT2D eigenvalue weighted by molar-refractivity contribution is -0.217. The second-order valence-electron chi connectivity index (χ2n) is 21.3. The summed E-state index contributed by atoms with van der Waals surface area (Å²) in [5.74, 6) is 1.58. The zero-order chi connectivity index (χ0) is 46.8. The first-order valence-corrected chi connectivity index (χ1v) is 24.4. The Labute approximate surface area is 392 Å². The van der Waals surface area contributed by atoms with Crippen LogP contribution in [0.2, 0.25) is 0 Å². The maximum Gasteiger partial charge on any atom is 0.347 e. The molecule has 0 spiro atoms. The van der Waals surface area contributed by atoms with E-state index in [1.54, 1.807) is 12.1 Å². The van der Waals surface area contributed by atoms with E-state index in [1.807, 2.05) is 24.3 Å². The molecule has 4 aliphatic carbocycles. The molecule has 348 valence electrons. The Kier molecular flexibility index (Phi) is 11.6. The maximum absolute atomic E-state index is 13.6. The minimum atomic E-state index is -0.779. The van der Waals surface area contributed by atoms with Gasteiger partial charge < -0.3 is 19.1 Å². The molecule has 3 fully saturated rings. The van der Waals surface area contributed by atoms with Gasteiger partial charge in [-0.25, -0.2) is 24.0 Å². The van der Waals surface area contributed by atoms with Crippen LogP contribution in [0.4, 0.5) is 0 Å². The van der Waals surface area contributed by atoms with Crippen LogP contribution in [0.15, 0.2) is 96.6 Å². The summed E-state index contributed by atoms with van der Waals surface area (Å²) >= 11 is 0. The molecule has 0 bridgehead atoms. The Morgan fingerprint density at radius 2 is 1.42 bits per heavy atom. The number of cyclic esters (lactones) is 4. The third-order valence-electron chi connectivity index (χ3n) is 17.4. The minimum Gasteiger partial charge on any atom is -0.423 e. The molecule has 0 N–H and O–H groups in total. The fraction of sp³-hybridized carbons (Fsp3) is 0.456. The molecule has 0 aromatic heterocycles. The molecule has 67 heavy (non-hydrogen) atoms. The summed E-state index contributed by atoms with van der Waals surface area (Å²) < 4.78 is 15.5. The Morgan fingerprint density at radius 1 is 0.701 bits per heavy atom. The van der Waals surface area contributed by atoms with Gasteiger partial charge in [0, 0.05) is 5.41 Å². The number of carbonyl (C=O) groups is 5. The first-order valence-electron chi connectivity index (χ1n) is 24.4. The number of esters is 5. The van der Waals surface area contributed by atoms with Crippen LogP contribution >= 0.6 is 0 Å². The summed E-state index contributed by atoms with van der Waals surface area (Å²) in [6, 6.07) is 25.0. The van der Waals surface area contributed by atoms with Gasteiger partial charge in [0.15, 0.2) is 5.75 Å². The van der Waals surface area contributed by atoms with Gasteiger partial charge in [-0.05, 0) is 163 Å². The smallest absolute Gasteiger partial charge is 0.347 e. The zero-order valence-electron chi connectivity index (χ0n) is 39.2. The van der Waals surface area contributed by atoms with E-state index >= 15 is 0 Å². The lowest BCUT2D eigenvalue weighted by atomic mass is 9.44. The third kappa shape index (κ3) is 7.92. The molecule has 2 aliphatic heterocycles. The van der Waals surface area contributed by atoms with Crippen LogP contribution in [0.3, 0.4) is 0 Å². The average molecular weight is 905 g/mol. The van der Waals surface area contributed by atoms with Gasteiger partial charge in [0.25, 0.3) is 0 Å². The first kappa shape index (κ1) is 44.9. The molecule has 10 heteroatoms. The van der Waals surface area contributed by atoms with Crippen LogP contribution in [-0.2, 0) is 26.4 Å². The average Bonchev–Trinajstić information content (AvgIpc) is 3.93. The van der Waals surface area contributed by atoms with Gasteiger partial charge in [-0.2, -0.15) is 4.89 Å². The van der Waals surface area contributed by atoms with E-state index < -0.39 is 35.3 Å². The summed E-state index contributed by atoms with van der Waals surface area (Å²) in [5.41, 5.74) is 5.34. The first-order chi connectivity index (χ1) is 32.2. The molecule has 0 saturated heterocycles. The topological polar surface area (TPSA) is 132 Å². The second-order valence-corrected chi connectivity index (χ2v) is 21.3. The fourth-order valence-corrected chi connectivity index (χ4v) is 13.8. The molecular weight excluding hydrogens is 845 g/mol. The number of carbonyl (C=O) groups excluding carboxylic acids is 5. The number of benzene rings is 4. The number of fused-ring (bicyclic) bond motifs is 7. The minimum absolute atomic E-state index is 0.0512. The van der Waals surface area contributed by atoms with Crippen molar-refractivity contribution in [2.45, 2.75) is 117 Å². The third-order valence-corrected chi connectivity index (χ3v) is 17.4. The molecule has 4 aromatic rings. The van der Waals surface area contributed by atoms with Crippen molar-refractivity contribution >= 4 is 29.8 Å². The van der Waals surface area contributed by atoms with Crippen LogP contribution in [0.5, 0.6) is 11.5 Å². The second kappa shape index (κ2) is 17.3. The number of ether oxygens (including phenoxy) is 3. The molecule has 10 rings (SSSR count). The quantitative estimate of drug-likeness (QED) is 0.0319. The van der Waals surface area contributed by atoms with E-state index in [0.29, 0.717) is 23.0 Å².